The second kappa shape index (κ2) is 4.27. The molecule has 3 heteroatoms. The summed E-state index contributed by atoms with van der Waals surface area (Å²) in [5.41, 5.74) is 7.17. The summed E-state index contributed by atoms with van der Waals surface area (Å²) in [5.74, 6) is -0.442. The summed E-state index contributed by atoms with van der Waals surface area (Å²) in [6.45, 7) is 0.339. The molecule has 0 amide bonds. The van der Waals surface area contributed by atoms with Crippen LogP contribution in [-0.2, 0) is 6.54 Å². The minimum absolute atomic E-state index is 0.165. The van der Waals surface area contributed by atoms with Crippen LogP contribution in [0.1, 0.15) is 29.9 Å². The van der Waals surface area contributed by atoms with Gasteiger partial charge in [0, 0.05) is 12.5 Å². The summed E-state index contributed by atoms with van der Waals surface area (Å²) >= 11 is 0. The van der Waals surface area contributed by atoms with Gasteiger partial charge in [-0.3, -0.25) is 0 Å². The van der Waals surface area contributed by atoms with Crippen LogP contribution >= 0.6 is 0 Å². The maximum atomic E-state index is 13.0. The Labute approximate surface area is 88.3 Å². The predicted octanol–water partition coefficient (Wildman–Crippen LogP) is 2.90. The highest BCUT2D eigenvalue weighted by molar-refractivity contribution is 5.32. The number of halogens is 2. The van der Waals surface area contributed by atoms with Crippen LogP contribution in [0.5, 0.6) is 0 Å². The molecule has 82 valence electrons. The van der Waals surface area contributed by atoms with E-state index in [2.05, 4.69) is 0 Å². The fourth-order valence-electron chi connectivity index (χ4n) is 2.10. The molecule has 1 aromatic carbocycles. The van der Waals surface area contributed by atoms with Crippen molar-refractivity contribution in [1.29, 1.82) is 0 Å². The fraction of sp³-hybridized carbons (Fsp3) is 0.500. The van der Waals surface area contributed by atoms with Crippen LogP contribution in [0.2, 0.25) is 0 Å². The van der Waals surface area contributed by atoms with Crippen molar-refractivity contribution in [3.05, 3.63) is 35.4 Å². The molecule has 1 atom stereocenters. The van der Waals surface area contributed by atoms with Gasteiger partial charge in [-0.25, -0.2) is 8.78 Å². The highest BCUT2D eigenvalue weighted by atomic mass is 19.3. The molecule has 2 N–H and O–H groups in total. The number of nitrogens with two attached hydrogens (primary N) is 1. The van der Waals surface area contributed by atoms with Crippen LogP contribution < -0.4 is 5.73 Å². The van der Waals surface area contributed by atoms with Gasteiger partial charge in [0.1, 0.15) is 0 Å². The van der Waals surface area contributed by atoms with E-state index in [4.69, 9.17) is 5.73 Å². The molecule has 1 fully saturated rings. The number of hydrogen-bond donors (Lipinski definition) is 1. The van der Waals surface area contributed by atoms with Crippen molar-refractivity contribution in [2.45, 2.75) is 31.7 Å². The van der Waals surface area contributed by atoms with Crippen LogP contribution in [0, 0.1) is 5.92 Å². The second-order valence-electron chi connectivity index (χ2n) is 4.10. The van der Waals surface area contributed by atoms with Crippen LogP contribution in [0.4, 0.5) is 8.78 Å². The molecule has 1 aliphatic rings. The van der Waals surface area contributed by atoms with Crippen LogP contribution in [-0.4, -0.2) is 6.43 Å². The van der Waals surface area contributed by atoms with Gasteiger partial charge < -0.3 is 5.73 Å². The lowest BCUT2D eigenvalue weighted by molar-refractivity contribution is 0.104. The summed E-state index contributed by atoms with van der Waals surface area (Å²) in [6, 6.07) is 7.29. The first-order valence-electron chi connectivity index (χ1n) is 5.30. The van der Waals surface area contributed by atoms with Crippen molar-refractivity contribution in [1.82, 2.24) is 0 Å². The summed E-state index contributed by atoms with van der Waals surface area (Å²) in [4.78, 5) is 0. The molecule has 1 saturated carbocycles. The van der Waals surface area contributed by atoms with Gasteiger partial charge in [-0.2, -0.15) is 0 Å². The largest absolute Gasteiger partial charge is 0.326 e. The molecule has 0 aromatic heterocycles. The Bertz CT molecular complexity index is 332. The van der Waals surface area contributed by atoms with E-state index >= 15 is 0 Å². The van der Waals surface area contributed by atoms with Crippen molar-refractivity contribution in [3.8, 4) is 0 Å². The Kier molecular flexibility index (Phi) is 3.00. The topological polar surface area (TPSA) is 26.0 Å². The first-order chi connectivity index (χ1) is 7.24. The lowest BCUT2D eigenvalue weighted by atomic mass is 9.90. The Hall–Kier alpha value is -0.960. The Balaban J connectivity index is 2.32. The summed E-state index contributed by atoms with van der Waals surface area (Å²) in [7, 11) is 0. The van der Waals surface area contributed by atoms with Gasteiger partial charge in [0.15, 0.2) is 0 Å². The predicted molar refractivity (Wildman–Crippen MR) is 55.8 cm³/mol. The Morgan fingerprint density at radius 3 is 2.47 bits per heavy atom. The average molecular weight is 211 g/mol. The van der Waals surface area contributed by atoms with E-state index < -0.39 is 12.3 Å². The minimum atomic E-state index is -2.27. The molecule has 0 heterocycles. The maximum Gasteiger partial charge on any atom is 0.245 e. The van der Waals surface area contributed by atoms with E-state index in [0.717, 1.165) is 24.0 Å². The van der Waals surface area contributed by atoms with Gasteiger partial charge in [0.05, 0.1) is 0 Å². The molecule has 0 aliphatic heterocycles. The molecule has 1 unspecified atom stereocenters. The van der Waals surface area contributed by atoms with Gasteiger partial charge in [-0.15, -0.1) is 0 Å². The average Bonchev–Trinajstić information content (AvgIpc) is 3.03. The molecule has 0 bridgehead atoms. The lowest BCUT2D eigenvalue weighted by Crippen LogP contribution is -2.15. The van der Waals surface area contributed by atoms with Crippen molar-refractivity contribution in [2.24, 2.45) is 11.7 Å². The standard InChI is InChI=1S/C12H15F2N/c13-12(14)11(8-5-6-8)10-4-2-1-3-9(10)7-15/h1-4,8,11-12H,5-7,15H2. The third kappa shape index (κ3) is 2.17. The van der Waals surface area contributed by atoms with Gasteiger partial charge in [-0.1, -0.05) is 24.3 Å². The highest BCUT2D eigenvalue weighted by Gasteiger charge is 2.38. The summed E-state index contributed by atoms with van der Waals surface area (Å²) < 4.78 is 25.9. The third-order valence-corrected chi connectivity index (χ3v) is 3.04. The Morgan fingerprint density at radius 2 is 1.93 bits per heavy atom. The molecular formula is C12H15F2N. The molecule has 1 aromatic rings. The first-order valence-corrected chi connectivity index (χ1v) is 5.30. The van der Waals surface area contributed by atoms with Crippen molar-refractivity contribution < 1.29 is 8.78 Å². The zero-order valence-corrected chi connectivity index (χ0v) is 8.50. The van der Waals surface area contributed by atoms with Crippen molar-refractivity contribution in [2.75, 3.05) is 0 Å². The lowest BCUT2D eigenvalue weighted by Gasteiger charge is -2.18. The molecule has 1 nitrogen and oxygen atoms in total. The molecule has 1 aliphatic carbocycles. The van der Waals surface area contributed by atoms with E-state index in [0.29, 0.717) is 6.54 Å². The van der Waals surface area contributed by atoms with E-state index in [-0.39, 0.29) is 5.92 Å². The third-order valence-electron chi connectivity index (χ3n) is 3.04. The van der Waals surface area contributed by atoms with Crippen LogP contribution in [0.15, 0.2) is 24.3 Å². The first kappa shape index (κ1) is 10.6. The van der Waals surface area contributed by atoms with Crippen molar-refractivity contribution in [3.63, 3.8) is 0 Å². The molecule has 0 radical (unpaired) electrons. The molecule has 15 heavy (non-hydrogen) atoms. The monoisotopic (exact) mass is 211 g/mol. The quantitative estimate of drug-likeness (QED) is 0.814. The van der Waals surface area contributed by atoms with Gasteiger partial charge >= 0.3 is 0 Å². The van der Waals surface area contributed by atoms with Crippen LogP contribution in [0.3, 0.4) is 0 Å². The second-order valence-corrected chi connectivity index (χ2v) is 4.10. The molecule has 0 spiro atoms. The molecular weight excluding hydrogens is 196 g/mol. The van der Waals surface area contributed by atoms with Gasteiger partial charge in [0.25, 0.3) is 0 Å². The summed E-state index contributed by atoms with van der Waals surface area (Å²) in [5, 5.41) is 0. The fourth-order valence-corrected chi connectivity index (χ4v) is 2.10. The van der Waals surface area contributed by atoms with E-state index in [1.165, 1.54) is 0 Å². The van der Waals surface area contributed by atoms with Gasteiger partial charge in [-0.05, 0) is 29.9 Å². The SMILES string of the molecule is NCc1ccccc1C(C(F)F)C1CC1. The highest BCUT2D eigenvalue weighted by Crippen LogP contribution is 2.46. The minimum Gasteiger partial charge on any atom is -0.326 e. The molecule has 0 saturated heterocycles. The number of benzene rings is 1. The van der Waals surface area contributed by atoms with Crippen molar-refractivity contribution >= 4 is 0 Å². The normalized spacial score (nSPS) is 18.1. The Morgan fingerprint density at radius 1 is 1.27 bits per heavy atom. The smallest absolute Gasteiger partial charge is 0.245 e. The summed E-state index contributed by atoms with van der Waals surface area (Å²) in [6.07, 6.45) is -0.424. The zero-order valence-electron chi connectivity index (χ0n) is 8.50. The number of rotatable bonds is 4. The van der Waals surface area contributed by atoms with Gasteiger partial charge in [0.2, 0.25) is 6.43 Å². The van der Waals surface area contributed by atoms with Crippen LogP contribution in [0.25, 0.3) is 0 Å². The molecule has 2 rings (SSSR count). The van der Waals surface area contributed by atoms with E-state index in [1.54, 1.807) is 6.07 Å². The van der Waals surface area contributed by atoms with E-state index in [1.807, 2.05) is 18.2 Å². The zero-order chi connectivity index (χ0) is 10.8. The number of hydrogen-bond acceptors (Lipinski definition) is 1. The maximum absolute atomic E-state index is 13.0. The number of alkyl halides is 2. The van der Waals surface area contributed by atoms with E-state index in [9.17, 15) is 8.78 Å².